The first-order valence-corrected chi connectivity index (χ1v) is 7.99. The van der Waals surface area contributed by atoms with Crippen LogP contribution in [0.3, 0.4) is 0 Å². The fraction of sp³-hybridized carbons (Fsp3) is 0.375. The Kier molecular flexibility index (Phi) is 4.10. The van der Waals surface area contributed by atoms with Gasteiger partial charge in [-0.1, -0.05) is 15.9 Å². The van der Waals surface area contributed by atoms with Gasteiger partial charge in [0.15, 0.2) is 0 Å². The molecule has 1 aliphatic rings. The zero-order valence-corrected chi connectivity index (χ0v) is 13.6. The Bertz CT molecular complexity index is 666. The summed E-state index contributed by atoms with van der Waals surface area (Å²) in [4.78, 5) is 18.0. The van der Waals surface area contributed by atoms with Gasteiger partial charge in [0.05, 0.1) is 5.52 Å². The molecule has 0 saturated carbocycles. The number of carbonyl (C=O) groups is 1. The number of carbonyl (C=O) groups excluding carboxylic acids is 1. The van der Waals surface area contributed by atoms with Gasteiger partial charge in [-0.3, -0.25) is 9.78 Å². The highest BCUT2D eigenvalue weighted by molar-refractivity contribution is 9.10. The van der Waals surface area contributed by atoms with Crippen LogP contribution in [0, 0.1) is 0 Å². The molecule has 1 fully saturated rings. The van der Waals surface area contributed by atoms with E-state index in [9.17, 15) is 4.79 Å². The molecule has 1 aliphatic heterocycles. The number of piperidine rings is 1. The molecule has 0 atom stereocenters. The van der Waals surface area contributed by atoms with Gasteiger partial charge in [0.2, 0.25) is 5.91 Å². The van der Waals surface area contributed by atoms with Crippen molar-refractivity contribution in [3.8, 4) is 0 Å². The third kappa shape index (κ3) is 3.18. The first kappa shape index (κ1) is 14.3. The van der Waals surface area contributed by atoms with Crippen molar-refractivity contribution in [3.05, 3.63) is 34.9 Å². The summed E-state index contributed by atoms with van der Waals surface area (Å²) in [6, 6.07) is 8.60. The van der Waals surface area contributed by atoms with E-state index in [1.165, 1.54) is 11.1 Å². The molecule has 110 valence electrons. The molecule has 1 aromatic carbocycles. The quantitative estimate of drug-likeness (QED) is 0.907. The van der Waals surface area contributed by atoms with Crippen molar-refractivity contribution in [2.75, 3.05) is 18.0 Å². The zero-order chi connectivity index (χ0) is 14.8. The summed E-state index contributed by atoms with van der Waals surface area (Å²) < 4.78 is 1.05. The van der Waals surface area contributed by atoms with Crippen LogP contribution in [0.15, 0.2) is 34.9 Å². The molecular formula is C16H18BrN3O. The van der Waals surface area contributed by atoms with Gasteiger partial charge in [0.25, 0.3) is 0 Å². The van der Waals surface area contributed by atoms with Crippen LogP contribution in [0.5, 0.6) is 0 Å². The molecule has 1 saturated heterocycles. The number of nitrogens with one attached hydrogen (secondary N) is 1. The van der Waals surface area contributed by atoms with Crippen molar-refractivity contribution in [1.29, 1.82) is 0 Å². The lowest BCUT2D eigenvalue weighted by molar-refractivity contribution is -0.119. The third-order valence-corrected chi connectivity index (χ3v) is 4.42. The van der Waals surface area contributed by atoms with Crippen LogP contribution in [-0.2, 0) is 4.79 Å². The lowest BCUT2D eigenvalue weighted by Gasteiger charge is -2.34. The fourth-order valence-electron chi connectivity index (χ4n) is 2.93. The van der Waals surface area contributed by atoms with Crippen LogP contribution in [-0.4, -0.2) is 30.0 Å². The van der Waals surface area contributed by atoms with Gasteiger partial charge in [-0.2, -0.15) is 0 Å². The molecule has 3 rings (SSSR count). The third-order valence-electron chi connectivity index (χ3n) is 3.92. The number of halogens is 1. The lowest BCUT2D eigenvalue weighted by atomic mass is 10.0. The molecule has 0 radical (unpaired) electrons. The second-order valence-corrected chi connectivity index (χ2v) is 6.37. The maximum Gasteiger partial charge on any atom is 0.217 e. The first-order chi connectivity index (χ1) is 10.1. The molecule has 1 amide bonds. The van der Waals surface area contributed by atoms with Crippen LogP contribution >= 0.6 is 15.9 Å². The lowest BCUT2D eigenvalue weighted by Crippen LogP contribution is -2.44. The summed E-state index contributed by atoms with van der Waals surface area (Å²) in [7, 11) is 0. The van der Waals surface area contributed by atoms with Crippen molar-refractivity contribution in [1.82, 2.24) is 10.3 Å². The summed E-state index contributed by atoms with van der Waals surface area (Å²) in [5.41, 5.74) is 2.24. The van der Waals surface area contributed by atoms with Crippen LogP contribution < -0.4 is 10.2 Å². The van der Waals surface area contributed by atoms with Crippen LogP contribution in [0.4, 0.5) is 5.69 Å². The molecule has 0 aliphatic carbocycles. The van der Waals surface area contributed by atoms with Gasteiger partial charge in [-0.15, -0.1) is 0 Å². The number of rotatable bonds is 2. The highest BCUT2D eigenvalue weighted by Crippen LogP contribution is 2.29. The van der Waals surface area contributed by atoms with E-state index in [1.54, 1.807) is 6.92 Å². The number of anilines is 1. The topological polar surface area (TPSA) is 45.2 Å². The highest BCUT2D eigenvalue weighted by atomic mass is 79.9. The number of hydrogen-bond donors (Lipinski definition) is 1. The Morgan fingerprint density at radius 2 is 2.10 bits per heavy atom. The molecule has 2 heterocycles. The number of pyridine rings is 1. The molecule has 0 spiro atoms. The second-order valence-electron chi connectivity index (χ2n) is 5.45. The molecular weight excluding hydrogens is 330 g/mol. The van der Waals surface area contributed by atoms with E-state index in [4.69, 9.17) is 0 Å². The van der Waals surface area contributed by atoms with Gasteiger partial charge in [0, 0.05) is 47.8 Å². The summed E-state index contributed by atoms with van der Waals surface area (Å²) in [5, 5.41) is 4.19. The molecule has 4 nitrogen and oxygen atoms in total. The molecule has 0 bridgehead atoms. The summed E-state index contributed by atoms with van der Waals surface area (Å²) in [6.45, 7) is 3.50. The number of fused-ring (bicyclic) bond motifs is 1. The Hall–Kier alpha value is -1.62. The number of amides is 1. The van der Waals surface area contributed by atoms with Gasteiger partial charge >= 0.3 is 0 Å². The van der Waals surface area contributed by atoms with E-state index in [0.717, 1.165) is 35.9 Å². The van der Waals surface area contributed by atoms with Gasteiger partial charge in [0.1, 0.15) is 0 Å². The standard InChI is InChI=1S/C16H18BrN3O/c1-11(21)19-13-5-8-20(9-6-13)16-4-7-18-15-10-12(17)2-3-14(15)16/h2-4,7,10,13H,5-6,8-9H2,1H3,(H,19,21). The van der Waals surface area contributed by atoms with Crippen molar-refractivity contribution in [2.24, 2.45) is 0 Å². The zero-order valence-electron chi connectivity index (χ0n) is 12.0. The van der Waals surface area contributed by atoms with Crippen molar-refractivity contribution in [2.45, 2.75) is 25.8 Å². The van der Waals surface area contributed by atoms with Crippen molar-refractivity contribution < 1.29 is 4.79 Å². The van der Waals surface area contributed by atoms with Crippen LogP contribution in [0.25, 0.3) is 10.9 Å². The summed E-state index contributed by atoms with van der Waals surface area (Å²) in [5.74, 6) is 0.0626. The fourth-order valence-corrected chi connectivity index (χ4v) is 3.28. The first-order valence-electron chi connectivity index (χ1n) is 7.20. The molecule has 21 heavy (non-hydrogen) atoms. The Labute approximate surface area is 132 Å². The van der Waals surface area contributed by atoms with E-state index in [-0.39, 0.29) is 5.91 Å². The number of nitrogens with zero attached hydrogens (tertiary/aromatic N) is 2. The van der Waals surface area contributed by atoms with Gasteiger partial charge < -0.3 is 10.2 Å². The number of benzene rings is 1. The van der Waals surface area contributed by atoms with Crippen LogP contribution in [0.2, 0.25) is 0 Å². The highest BCUT2D eigenvalue weighted by Gasteiger charge is 2.21. The predicted molar refractivity (Wildman–Crippen MR) is 88.5 cm³/mol. The van der Waals surface area contributed by atoms with E-state index in [2.05, 4.69) is 49.3 Å². The smallest absolute Gasteiger partial charge is 0.217 e. The number of aromatic nitrogens is 1. The minimum Gasteiger partial charge on any atom is -0.371 e. The molecule has 2 aromatic rings. The second kappa shape index (κ2) is 6.02. The summed E-state index contributed by atoms with van der Waals surface area (Å²) >= 11 is 3.49. The molecule has 5 heteroatoms. The average Bonchev–Trinajstić information content (AvgIpc) is 2.46. The normalized spacial score (nSPS) is 16.2. The Morgan fingerprint density at radius 3 is 2.81 bits per heavy atom. The van der Waals surface area contributed by atoms with E-state index in [0.29, 0.717) is 6.04 Å². The van der Waals surface area contributed by atoms with Gasteiger partial charge in [-0.25, -0.2) is 0 Å². The maximum absolute atomic E-state index is 11.1. The minimum absolute atomic E-state index is 0.0626. The average molecular weight is 348 g/mol. The predicted octanol–water partition coefficient (Wildman–Crippen LogP) is 3.10. The monoisotopic (exact) mass is 347 g/mol. The van der Waals surface area contributed by atoms with Crippen molar-refractivity contribution in [3.63, 3.8) is 0 Å². The van der Waals surface area contributed by atoms with Crippen molar-refractivity contribution >= 4 is 38.4 Å². The van der Waals surface area contributed by atoms with E-state index >= 15 is 0 Å². The van der Waals surface area contributed by atoms with Crippen LogP contribution in [0.1, 0.15) is 19.8 Å². The SMILES string of the molecule is CC(=O)NC1CCN(c2ccnc3cc(Br)ccc23)CC1. The molecule has 0 unspecified atom stereocenters. The maximum atomic E-state index is 11.1. The number of hydrogen-bond acceptors (Lipinski definition) is 3. The largest absolute Gasteiger partial charge is 0.371 e. The van der Waals surface area contributed by atoms with E-state index < -0.39 is 0 Å². The van der Waals surface area contributed by atoms with Gasteiger partial charge in [-0.05, 0) is 37.1 Å². The Balaban J connectivity index is 1.81. The molecule has 1 aromatic heterocycles. The Morgan fingerprint density at radius 1 is 1.33 bits per heavy atom. The van der Waals surface area contributed by atoms with E-state index in [1.807, 2.05) is 12.3 Å². The molecule has 1 N–H and O–H groups in total. The summed E-state index contributed by atoms with van der Waals surface area (Å²) in [6.07, 6.45) is 3.84. The minimum atomic E-state index is 0.0626.